The number of hydrogen-bond donors (Lipinski definition) is 1. The molecule has 166 valence electrons. The number of halogens is 4. The van der Waals surface area contributed by atoms with E-state index < -0.39 is 16.9 Å². The van der Waals surface area contributed by atoms with Gasteiger partial charge >= 0.3 is 6.18 Å². The van der Waals surface area contributed by atoms with E-state index in [1.54, 1.807) is 24.4 Å². The maximum absolute atomic E-state index is 14.3. The zero-order valence-corrected chi connectivity index (χ0v) is 18.1. The highest BCUT2D eigenvalue weighted by Crippen LogP contribution is 2.36. The van der Waals surface area contributed by atoms with Crippen LogP contribution in [0.5, 0.6) is 0 Å². The molecule has 31 heavy (non-hydrogen) atoms. The number of aromatic nitrogens is 2. The molecule has 0 amide bonds. The predicted octanol–water partition coefficient (Wildman–Crippen LogP) is 8.01. The summed E-state index contributed by atoms with van der Waals surface area (Å²) < 4.78 is 55.2. The summed E-state index contributed by atoms with van der Waals surface area (Å²) in [5.74, 6) is 0. The van der Waals surface area contributed by atoms with E-state index in [0.717, 1.165) is 55.9 Å². The Bertz CT molecular complexity index is 971. The second-order valence-electron chi connectivity index (χ2n) is 7.40. The van der Waals surface area contributed by atoms with Crippen molar-refractivity contribution in [3.63, 3.8) is 0 Å². The molecule has 0 aliphatic carbocycles. The van der Waals surface area contributed by atoms with Gasteiger partial charge in [-0.05, 0) is 42.7 Å². The average molecular weight is 452 g/mol. The van der Waals surface area contributed by atoms with Gasteiger partial charge in [0.1, 0.15) is 5.69 Å². The van der Waals surface area contributed by atoms with Gasteiger partial charge in [-0.15, -0.1) is 0 Å². The van der Waals surface area contributed by atoms with Crippen LogP contribution < -0.4 is 5.32 Å². The predicted molar refractivity (Wildman–Crippen MR) is 117 cm³/mol. The normalized spacial score (nSPS) is 11.6. The van der Waals surface area contributed by atoms with Gasteiger partial charge in [-0.25, -0.2) is 4.98 Å². The van der Waals surface area contributed by atoms with Gasteiger partial charge in [-0.1, -0.05) is 56.4 Å². The standard InChI is InChI=1S/C23H25F4N3S/c1-2-3-4-5-6-7-9-16-11-12-18(14-19(16)23(25,26)27)29-22-30-20(21(24)31-22)17-10-8-13-28-15-17/h8,10-15H,2-7,9H2,1H3,(H,29,30). The lowest BCUT2D eigenvalue weighted by atomic mass is 9.99. The van der Waals surface area contributed by atoms with Gasteiger partial charge in [0.25, 0.3) is 0 Å². The first-order valence-corrected chi connectivity index (χ1v) is 11.2. The van der Waals surface area contributed by atoms with E-state index in [1.165, 1.54) is 12.3 Å². The first-order valence-electron chi connectivity index (χ1n) is 10.4. The van der Waals surface area contributed by atoms with Gasteiger partial charge in [0.2, 0.25) is 5.13 Å². The molecular weight excluding hydrogens is 426 g/mol. The Morgan fingerprint density at radius 2 is 1.81 bits per heavy atom. The zero-order valence-electron chi connectivity index (χ0n) is 17.3. The number of hydrogen-bond acceptors (Lipinski definition) is 4. The van der Waals surface area contributed by atoms with Crippen LogP contribution in [0.1, 0.15) is 56.6 Å². The van der Waals surface area contributed by atoms with Crippen LogP contribution in [-0.2, 0) is 12.6 Å². The second-order valence-corrected chi connectivity index (χ2v) is 8.34. The van der Waals surface area contributed by atoms with Gasteiger partial charge in [0.15, 0.2) is 5.13 Å². The van der Waals surface area contributed by atoms with Crippen LogP contribution in [0.25, 0.3) is 11.3 Å². The van der Waals surface area contributed by atoms with E-state index in [1.807, 2.05) is 0 Å². The van der Waals surface area contributed by atoms with Gasteiger partial charge in [-0.3, -0.25) is 4.98 Å². The largest absolute Gasteiger partial charge is 0.416 e. The van der Waals surface area contributed by atoms with E-state index in [9.17, 15) is 17.6 Å². The minimum Gasteiger partial charge on any atom is -0.331 e. The Morgan fingerprint density at radius 3 is 2.52 bits per heavy atom. The molecule has 0 aliphatic rings. The highest BCUT2D eigenvalue weighted by molar-refractivity contribution is 7.14. The summed E-state index contributed by atoms with van der Waals surface area (Å²) in [5.41, 5.74) is 0.488. The molecule has 2 heterocycles. The molecule has 0 aliphatic heterocycles. The first-order chi connectivity index (χ1) is 14.9. The van der Waals surface area contributed by atoms with Crippen molar-refractivity contribution in [1.29, 1.82) is 0 Å². The molecule has 0 saturated carbocycles. The average Bonchev–Trinajstić information content (AvgIpc) is 3.11. The van der Waals surface area contributed by atoms with Crippen molar-refractivity contribution in [2.75, 3.05) is 5.32 Å². The fourth-order valence-corrected chi connectivity index (χ4v) is 4.13. The number of rotatable bonds is 10. The van der Waals surface area contributed by atoms with Gasteiger partial charge in [-0.2, -0.15) is 17.6 Å². The van der Waals surface area contributed by atoms with Crippen LogP contribution >= 0.6 is 11.3 Å². The summed E-state index contributed by atoms with van der Waals surface area (Å²) in [4.78, 5) is 8.13. The van der Waals surface area contributed by atoms with Crippen molar-refractivity contribution in [3.05, 3.63) is 59.0 Å². The summed E-state index contributed by atoms with van der Waals surface area (Å²) in [6.07, 6.45) is 5.11. The van der Waals surface area contributed by atoms with Crippen molar-refractivity contribution >= 4 is 22.2 Å². The molecule has 3 aromatic rings. The molecule has 0 fully saturated rings. The van der Waals surface area contributed by atoms with Crippen LogP contribution in [-0.4, -0.2) is 9.97 Å². The highest BCUT2D eigenvalue weighted by Gasteiger charge is 2.33. The molecule has 2 aromatic heterocycles. The minimum absolute atomic E-state index is 0.122. The van der Waals surface area contributed by atoms with Crippen LogP contribution in [0.2, 0.25) is 0 Å². The summed E-state index contributed by atoms with van der Waals surface area (Å²) in [6, 6.07) is 7.51. The maximum Gasteiger partial charge on any atom is 0.416 e. The van der Waals surface area contributed by atoms with Gasteiger partial charge in [0.05, 0.1) is 5.56 Å². The smallest absolute Gasteiger partial charge is 0.331 e. The van der Waals surface area contributed by atoms with E-state index >= 15 is 0 Å². The summed E-state index contributed by atoms with van der Waals surface area (Å²) in [6.45, 7) is 2.13. The highest BCUT2D eigenvalue weighted by atomic mass is 32.1. The molecule has 0 saturated heterocycles. The third-order valence-electron chi connectivity index (χ3n) is 4.99. The number of nitrogens with one attached hydrogen (secondary N) is 1. The number of thiazole rings is 1. The van der Waals surface area contributed by atoms with Gasteiger partial charge < -0.3 is 5.32 Å². The molecule has 0 unspecified atom stereocenters. The number of benzene rings is 1. The molecular formula is C23H25F4N3S. The molecule has 8 heteroatoms. The molecule has 0 radical (unpaired) electrons. The molecule has 0 bridgehead atoms. The third-order valence-corrected chi connectivity index (χ3v) is 5.75. The SMILES string of the molecule is CCCCCCCCc1ccc(Nc2nc(-c3cccnc3)c(F)s2)cc1C(F)(F)F. The van der Waals surface area contributed by atoms with Crippen LogP contribution in [0, 0.1) is 5.13 Å². The Hall–Kier alpha value is -2.48. The minimum atomic E-state index is -4.45. The van der Waals surface area contributed by atoms with Crippen LogP contribution in [0.3, 0.4) is 0 Å². The van der Waals surface area contributed by atoms with Crippen molar-refractivity contribution in [2.45, 2.75) is 58.0 Å². The summed E-state index contributed by atoms with van der Waals surface area (Å²) >= 11 is 0.747. The second kappa shape index (κ2) is 10.7. The van der Waals surface area contributed by atoms with Crippen molar-refractivity contribution < 1.29 is 17.6 Å². The number of anilines is 2. The van der Waals surface area contributed by atoms with Crippen molar-refractivity contribution in [1.82, 2.24) is 9.97 Å². The summed E-state index contributed by atoms with van der Waals surface area (Å²) in [5, 5.41) is 2.48. The summed E-state index contributed by atoms with van der Waals surface area (Å²) in [7, 11) is 0. The van der Waals surface area contributed by atoms with E-state index in [2.05, 4.69) is 22.2 Å². The first kappa shape index (κ1) is 23.2. The Balaban J connectivity index is 1.72. The Kier molecular flexibility index (Phi) is 8.01. The fraction of sp³-hybridized carbons (Fsp3) is 0.391. The van der Waals surface area contributed by atoms with Gasteiger partial charge in [0, 0.05) is 23.6 Å². The number of pyridine rings is 1. The lowest BCUT2D eigenvalue weighted by Crippen LogP contribution is -2.10. The Morgan fingerprint density at radius 1 is 1.03 bits per heavy atom. The van der Waals surface area contributed by atoms with E-state index in [0.29, 0.717) is 12.0 Å². The molecule has 1 aromatic carbocycles. The third kappa shape index (κ3) is 6.50. The fourth-order valence-electron chi connectivity index (χ4n) is 3.39. The lowest BCUT2D eigenvalue weighted by Gasteiger charge is -2.15. The van der Waals surface area contributed by atoms with E-state index in [4.69, 9.17) is 0 Å². The van der Waals surface area contributed by atoms with Crippen molar-refractivity contribution in [2.24, 2.45) is 0 Å². The number of unbranched alkanes of at least 4 members (excludes halogenated alkanes) is 5. The molecule has 0 spiro atoms. The Labute approximate surface area is 183 Å². The topological polar surface area (TPSA) is 37.8 Å². The lowest BCUT2D eigenvalue weighted by molar-refractivity contribution is -0.138. The monoisotopic (exact) mass is 451 g/mol. The van der Waals surface area contributed by atoms with Crippen LogP contribution in [0.4, 0.5) is 28.4 Å². The quantitative estimate of drug-likeness (QED) is 0.251. The molecule has 3 rings (SSSR count). The molecule has 0 atom stereocenters. The number of nitrogens with zero attached hydrogens (tertiary/aromatic N) is 2. The van der Waals surface area contributed by atoms with E-state index in [-0.39, 0.29) is 22.1 Å². The van der Waals surface area contributed by atoms with Crippen LogP contribution in [0.15, 0.2) is 42.7 Å². The zero-order chi connectivity index (χ0) is 22.3. The molecule has 3 nitrogen and oxygen atoms in total. The van der Waals surface area contributed by atoms with Crippen molar-refractivity contribution in [3.8, 4) is 11.3 Å². The number of aryl methyl sites for hydroxylation is 1. The molecule has 1 N–H and O–H groups in total. The number of alkyl halides is 3. The maximum atomic E-state index is 14.3.